The van der Waals surface area contributed by atoms with Gasteiger partial charge in [-0.25, -0.2) is 32.1 Å². The van der Waals surface area contributed by atoms with Crippen LogP contribution >= 0.6 is 41.5 Å². The summed E-state index contributed by atoms with van der Waals surface area (Å²) in [5, 5.41) is 5.82. The van der Waals surface area contributed by atoms with Crippen LogP contribution in [-0.4, -0.2) is 143 Å². The van der Waals surface area contributed by atoms with Gasteiger partial charge in [0.1, 0.15) is 0 Å². The Kier molecular flexibility index (Phi) is 72.2. The Bertz CT molecular complexity index is 3580. The second-order valence-electron chi connectivity index (χ2n) is 35.5. The number of hydrogen-bond donors (Lipinski definition) is 5. The van der Waals surface area contributed by atoms with E-state index in [1.54, 1.807) is 16.2 Å². The molecule has 5 heterocycles. The predicted molar refractivity (Wildman–Crippen MR) is 547 cm³/mol. The average Bonchev–Trinajstić information content (AvgIpc) is 1.77. The zero-order chi connectivity index (χ0) is 92.8. The number of aromatic amines is 2. The van der Waals surface area contributed by atoms with E-state index >= 15 is 4.57 Å². The molecule has 5 aromatic rings. The standard InChI is InChI=1S/C32H63N2OPS.C18H34N2O2S.C18H32N2O2.C18H32O3S2.C16H28N2OS/c1-7-11-15-19-24-33(25-20-16-12-8-2)36(35,28-23-32-29-30(5)37-31(32)6)34(26-21-17-13-9-3)27-22-18-14-10-4;1-4-5-6-7-8-9-10-11-13-19-23(21,22)14-12-18-15-16(2)20-17(18)3;1-4-5-6-7-8-9-10-12-19-18(21)22-13-11-17-14-15(2)20-16(17)3;1-4-5-6-7-8-9-10-11-13-21-23(19,20)14-12-18-15-16(2)22-17(18)3;1-5-6-7-8-11-18(4)16(19)17-10-9-15-12-13(2)20-14(15)3/h29H,7-28H2,1-6H3;15,19-20H,4-14H2,1-3H3;14,20H,4-13H2,1-3H3,(H,19,21);15H,4-14H2,1-3H3;12H,5-11H2,1-4H3,(H,17,19). The van der Waals surface area contributed by atoms with Crippen molar-refractivity contribution in [2.24, 2.45) is 0 Å². The highest BCUT2D eigenvalue weighted by Crippen LogP contribution is 2.55. The van der Waals surface area contributed by atoms with E-state index in [0.717, 1.165) is 144 Å². The first-order valence-electron chi connectivity index (χ1n) is 50.3. The fourth-order valence-electron chi connectivity index (χ4n) is 15.8. The van der Waals surface area contributed by atoms with Gasteiger partial charge in [0.15, 0.2) is 0 Å². The van der Waals surface area contributed by atoms with Crippen LogP contribution in [0.1, 0.15) is 411 Å². The van der Waals surface area contributed by atoms with Crippen LogP contribution < -0.4 is 15.4 Å². The zero-order valence-corrected chi connectivity index (χ0v) is 88.5. The third-order valence-electron chi connectivity index (χ3n) is 23.5. The van der Waals surface area contributed by atoms with Gasteiger partial charge in [0.05, 0.1) is 24.7 Å². The van der Waals surface area contributed by atoms with Gasteiger partial charge < -0.3 is 30.2 Å². The van der Waals surface area contributed by atoms with E-state index in [0.29, 0.717) is 32.6 Å². The molecule has 17 nitrogen and oxygen atoms in total. The minimum absolute atomic E-state index is 0.0473. The first kappa shape index (κ1) is 119. The van der Waals surface area contributed by atoms with Crippen LogP contribution in [0.5, 0.6) is 0 Å². The van der Waals surface area contributed by atoms with Gasteiger partial charge in [-0.05, 0) is 204 Å². The number of amides is 3. The summed E-state index contributed by atoms with van der Waals surface area (Å²) in [5.74, 6) is 0.253. The normalized spacial score (nSPS) is 11.6. The van der Waals surface area contributed by atoms with Gasteiger partial charge >= 0.3 is 12.1 Å². The van der Waals surface area contributed by atoms with E-state index in [-0.39, 0.29) is 23.6 Å². The van der Waals surface area contributed by atoms with Crippen molar-refractivity contribution in [3.63, 3.8) is 0 Å². The molecule has 23 heteroatoms. The summed E-state index contributed by atoms with van der Waals surface area (Å²) in [6.07, 6.45) is 57.2. The highest BCUT2D eigenvalue weighted by Gasteiger charge is 2.36. The fourth-order valence-corrected chi connectivity index (χ4v) is 24.0. The minimum Gasteiger partial charge on any atom is -0.449 e. The Morgan fingerprint density at radius 1 is 0.368 bits per heavy atom. The molecule has 0 fully saturated rings. The molecule has 0 aromatic carbocycles. The lowest BCUT2D eigenvalue weighted by molar-refractivity contribution is 0.147. The number of unbranched alkanes of at least 4 members (excludes halogenated alkanes) is 35. The number of hydrogen-bond acceptors (Lipinski definition) is 12. The molecule has 5 rings (SSSR count). The molecule has 0 unspecified atom stereocenters. The van der Waals surface area contributed by atoms with Gasteiger partial charge in [-0.3, -0.25) is 8.75 Å². The van der Waals surface area contributed by atoms with Gasteiger partial charge in [0.25, 0.3) is 10.1 Å². The lowest BCUT2D eigenvalue weighted by Crippen LogP contribution is -2.38. The number of aromatic nitrogens is 2. The molecular weight excluding hydrogens is 1670 g/mol. The van der Waals surface area contributed by atoms with E-state index in [2.05, 4.69) is 149 Å². The van der Waals surface area contributed by atoms with E-state index in [1.807, 2.05) is 70.4 Å². The Labute approximate surface area is 780 Å². The van der Waals surface area contributed by atoms with E-state index < -0.39 is 27.6 Å². The first-order chi connectivity index (χ1) is 60.0. The maximum absolute atomic E-state index is 15.4. The minimum atomic E-state index is -3.39. The van der Waals surface area contributed by atoms with Crippen molar-refractivity contribution in [1.82, 2.24) is 39.6 Å². The molecule has 5 aromatic heterocycles. The number of carbonyl (C=O) groups is 2. The van der Waals surface area contributed by atoms with Crippen LogP contribution in [0, 0.1) is 69.2 Å². The van der Waals surface area contributed by atoms with Gasteiger partial charge in [0.2, 0.25) is 17.5 Å². The van der Waals surface area contributed by atoms with Crippen molar-refractivity contribution in [3.8, 4) is 0 Å². The average molecular weight is 1860 g/mol. The van der Waals surface area contributed by atoms with Gasteiger partial charge in [-0.15, -0.1) is 34.0 Å². The molecule has 726 valence electrons. The lowest BCUT2D eigenvalue weighted by Gasteiger charge is -2.40. The molecule has 0 aliphatic carbocycles. The number of sulfonamides is 1. The van der Waals surface area contributed by atoms with E-state index in [1.165, 1.54) is 284 Å². The summed E-state index contributed by atoms with van der Waals surface area (Å²) in [6.45, 7) is 46.5. The molecule has 0 aliphatic rings. The molecular formula is C102H189N8O9PS5. The number of H-pyrrole nitrogens is 2. The Morgan fingerprint density at radius 3 is 1.08 bits per heavy atom. The largest absolute Gasteiger partial charge is 0.449 e. The SMILES string of the molecule is CCCCCCCCCCNS(=O)(=O)CCc1cc(C)[nH]c1C.CCCCCCCCCCOS(=O)(=O)CCc1cc(C)sc1C.CCCCCCCCCNC(=O)OCCc1cc(C)[nH]c1C.CCCCCCN(C)C(=O)NCCc1cc(C)sc1C.CCCCCCN(CCCCCC)P(=O)(CCc1cc(C)sc1C)N(CCCCCC)CCCCCC. The fraction of sp³-hybridized carbons (Fsp3) is 0.784. The van der Waals surface area contributed by atoms with E-state index in [4.69, 9.17) is 8.92 Å². The highest BCUT2D eigenvalue weighted by molar-refractivity contribution is 7.89. The molecule has 0 aliphatic heterocycles. The van der Waals surface area contributed by atoms with Crippen molar-refractivity contribution < 1.29 is 39.9 Å². The molecule has 0 spiro atoms. The number of ether oxygens (including phenoxy) is 1. The molecule has 3 amide bonds. The van der Waals surface area contributed by atoms with E-state index in [9.17, 15) is 26.4 Å². The monoisotopic (exact) mass is 1860 g/mol. The molecule has 0 radical (unpaired) electrons. The van der Waals surface area contributed by atoms with Crippen LogP contribution in [0.15, 0.2) is 30.3 Å². The molecule has 0 saturated heterocycles. The maximum atomic E-state index is 15.4. The third-order valence-corrected chi connectivity index (χ3v) is 32.5. The topological polar surface area (TPSA) is 215 Å². The zero-order valence-electron chi connectivity index (χ0n) is 83.5. The van der Waals surface area contributed by atoms with Gasteiger partial charge in [-0.1, -0.05) is 280 Å². The third kappa shape index (κ3) is 60.8. The number of carbonyl (C=O) groups excluding carboxylic acids is 2. The number of aryl methyl sites for hydroxylation is 13. The second kappa shape index (κ2) is 75.7. The summed E-state index contributed by atoms with van der Waals surface area (Å²) < 4.78 is 81.3. The van der Waals surface area contributed by atoms with Crippen molar-refractivity contribution in [1.29, 1.82) is 0 Å². The summed E-state index contributed by atoms with van der Waals surface area (Å²) in [5.41, 5.74) is 10.7. The summed E-state index contributed by atoms with van der Waals surface area (Å²) >= 11 is 5.44. The van der Waals surface area contributed by atoms with Crippen molar-refractivity contribution >= 4 is 73.7 Å². The van der Waals surface area contributed by atoms with Crippen molar-refractivity contribution in [3.05, 3.63) is 110 Å². The van der Waals surface area contributed by atoms with Crippen molar-refractivity contribution in [2.75, 3.05) is 90.3 Å². The van der Waals surface area contributed by atoms with Gasteiger partial charge in [0, 0.05) is 124 Å². The number of alkyl carbamates (subject to hydrolysis) is 1. The number of urea groups is 1. The number of rotatable bonds is 70. The number of nitrogens with one attached hydrogen (secondary N) is 5. The van der Waals surface area contributed by atoms with Crippen LogP contribution in [0.3, 0.4) is 0 Å². The second-order valence-corrected chi connectivity index (χ2v) is 46.4. The quantitative estimate of drug-likeness (QED) is 0.0140. The first-order valence-corrected chi connectivity index (χ1v) is 57.8. The molecule has 0 atom stereocenters. The van der Waals surface area contributed by atoms with Crippen LogP contribution in [0.25, 0.3) is 0 Å². The number of nitrogens with zero attached hydrogens (tertiary/aromatic N) is 3. The Balaban J connectivity index is 0.000000797. The summed E-state index contributed by atoms with van der Waals surface area (Å²) in [7, 11) is -7.31. The van der Waals surface area contributed by atoms with Crippen molar-refractivity contribution in [2.45, 2.75) is 433 Å². The van der Waals surface area contributed by atoms with Crippen LogP contribution in [0.2, 0.25) is 0 Å². The molecule has 125 heavy (non-hydrogen) atoms. The summed E-state index contributed by atoms with van der Waals surface area (Å²) in [6, 6.07) is 10.8. The highest BCUT2D eigenvalue weighted by atomic mass is 32.2. The predicted octanol–water partition coefficient (Wildman–Crippen LogP) is 29.4. The van der Waals surface area contributed by atoms with Gasteiger partial charge in [-0.2, -0.15) is 8.42 Å². The molecule has 0 saturated carbocycles. The maximum Gasteiger partial charge on any atom is 0.407 e. The number of thiophene rings is 3. The lowest BCUT2D eigenvalue weighted by atomic mass is 10.1. The van der Waals surface area contributed by atoms with Crippen LogP contribution in [0.4, 0.5) is 9.59 Å². The summed E-state index contributed by atoms with van der Waals surface area (Å²) in [4.78, 5) is 39.7. The Hall–Kier alpha value is -3.83. The van der Waals surface area contributed by atoms with Crippen LogP contribution in [-0.2, 0) is 65.7 Å². The Morgan fingerprint density at radius 2 is 0.704 bits per heavy atom. The smallest absolute Gasteiger partial charge is 0.407 e. The molecule has 5 N–H and O–H groups in total. The molecule has 0 bridgehead atoms.